The van der Waals surface area contributed by atoms with Crippen LogP contribution < -0.4 is 11.1 Å². The first-order valence-corrected chi connectivity index (χ1v) is 11.0. The Bertz CT molecular complexity index is 511. The van der Waals surface area contributed by atoms with Gasteiger partial charge in [0.25, 0.3) is 0 Å². The number of likely N-dealkylation sites (tertiary alicyclic amines) is 1. The molecule has 8 nitrogen and oxygen atoms in total. The highest BCUT2D eigenvalue weighted by atomic mass is 32.2. The van der Waals surface area contributed by atoms with Crippen molar-refractivity contribution in [3.63, 3.8) is 0 Å². The number of hydrogen-bond donors (Lipinski definition) is 5. The molecule has 0 aromatic carbocycles. The zero-order valence-electron chi connectivity index (χ0n) is 16.7. The summed E-state index contributed by atoms with van der Waals surface area (Å²) in [5.41, 5.74) is 3.87. The summed E-state index contributed by atoms with van der Waals surface area (Å²) < 4.78 is 5.77. The number of amides is 1. The molecule has 0 aromatic heterocycles. The largest absolute Gasteiger partial charge is 0.387 e. The zero-order chi connectivity index (χ0) is 20.4. The van der Waals surface area contributed by atoms with Crippen molar-refractivity contribution in [2.24, 2.45) is 11.7 Å². The Labute approximate surface area is 165 Å². The lowest BCUT2D eigenvalue weighted by molar-refractivity contribution is -0.254. The fourth-order valence-corrected chi connectivity index (χ4v) is 4.96. The number of nitrogens with two attached hydrogens (primary N) is 1. The van der Waals surface area contributed by atoms with Crippen molar-refractivity contribution >= 4 is 17.7 Å². The van der Waals surface area contributed by atoms with Crippen molar-refractivity contribution in [2.75, 3.05) is 19.8 Å². The van der Waals surface area contributed by atoms with Crippen LogP contribution in [0.15, 0.2) is 0 Å². The molecule has 2 rings (SSSR count). The maximum atomic E-state index is 12.9. The Kier molecular flexibility index (Phi) is 7.95. The van der Waals surface area contributed by atoms with E-state index >= 15 is 0 Å². The normalized spacial score (nSPS) is 41.5. The van der Waals surface area contributed by atoms with Crippen LogP contribution in [0.4, 0.5) is 0 Å². The second-order valence-electron chi connectivity index (χ2n) is 7.82. The molecular formula is C18H35N3O5S. The molecule has 2 fully saturated rings. The number of rotatable bonds is 7. The van der Waals surface area contributed by atoms with Crippen LogP contribution in [0.1, 0.15) is 39.5 Å². The van der Waals surface area contributed by atoms with E-state index in [2.05, 4.69) is 12.2 Å². The first-order chi connectivity index (χ1) is 12.7. The van der Waals surface area contributed by atoms with E-state index in [0.29, 0.717) is 12.3 Å². The number of hydrogen-bond acceptors (Lipinski definition) is 8. The maximum absolute atomic E-state index is 12.9. The lowest BCUT2D eigenvalue weighted by atomic mass is 9.87. The van der Waals surface area contributed by atoms with Crippen LogP contribution in [-0.4, -0.2) is 87.5 Å². The molecule has 27 heavy (non-hydrogen) atoms. The Balaban J connectivity index is 2.12. The summed E-state index contributed by atoms with van der Waals surface area (Å²) in [6, 6.07) is -0.942. The molecule has 0 unspecified atom stereocenters. The van der Waals surface area contributed by atoms with Crippen LogP contribution in [0.5, 0.6) is 0 Å². The van der Waals surface area contributed by atoms with Gasteiger partial charge in [-0.2, -0.15) is 0 Å². The van der Waals surface area contributed by atoms with E-state index in [9.17, 15) is 20.1 Å². The summed E-state index contributed by atoms with van der Waals surface area (Å²) in [6.07, 6.45) is 0.890. The third-order valence-corrected chi connectivity index (χ3v) is 6.71. The van der Waals surface area contributed by atoms with Crippen LogP contribution in [0.3, 0.4) is 0 Å². The predicted molar refractivity (Wildman–Crippen MR) is 105 cm³/mol. The maximum Gasteiger partial charge on any atom is 0.237 e. The van der Waals surface area contributed by atoms with Gasteiger partial charge in [0.15, 0.2) is 5.72 Å². The predicted octanol–water partition coefficient (Wildman–Crippen LogP) is -0.541. The minimum absolute atomic E-state index is 0.148. The lowest BCUT2D eigenvalue weighted by Gasteiger charge is -2.49. The van der Waals surface area contributed by atoms with Gasteiger partial charge in [-0.25, -0.2) is 0 Å². The van der Waals surface area contributed by atoms with Gasteiger partial charge >= 0.3 is 0 Å². The first kappa shape index (κ1) is 22.9. The van der Waals surface area contributed by atoms with Crippen LogP contribution in [0.25, 0.3) is 0 Å². The van der Waals surface area contributed by atoms with Crippen molar-refractivity contribution in [1.29, 1.82) is 0 Å². The van der Waals surface area contributed by atoms with Crippen molar-refractivity contribution in [3.05, 3.63) is 0 Å². The number of aliphatic hydroxyl groups excluding tert-OH is 3. The van der Waals surface area contributed by atoms with Crippen LogP contribution in [-0.2, 0) is 9.53 Å². The van der Waals surface area contributed by atoms with Gasteiger partial charge in [-0.1, -0.05) is 20.3 Å². The summed E-state index contributed by atoms with van der Waals surface area (Å²) in [4.78, 5) is 14.9. The summed E-state index contributed by atoms with van der Waals surface area (Å²) in [5.74, 6) is 0.349. The van der Waals surface area contributed by atoms with Gasteiger partial charge in [-0.3, -0.25) is 15.4 Å². The van der Waals surface area contributed by atoms with Crippen molar-refractivity contribution in [2.45, 2.75) is 81.1 Å². The number of carbonyl (C=O) groups is 1. The zero-order valence-corrected chi connectivity index (χ0v) is 17.5. The monoisotopic (exact) mass is 405 g/mol. The Morgan fingerprint density at radius 2 is 2.04 bits per heavy atom. The molecule has 0 aromatic rings. The van der Waals surface area contributed by atoms with Crippen LogP contribution >= 0.6 is 11.8 Å². The van der Waals surface area contributed by atoms with Gasteiger partial charge in [0, 0.05) is 6.54 Å². The highest BCUT2D eigenvalue weighted by Gasteiger charge is 2.55. The fourth-order valence-electron chi connectivity index (χ4n) is 4.26. The third-order valence-electron chi connectivity index (χ3n) is 5.87. The number of nitrogens with one attached hydrogen (secondary N) is 1. The van der Waals surface area contributed by atoms with Gasteiger partial charge in [0.2, 0.25) is 5.91 Å². The Morgan fingerprint density at radius 1 is 1.37 bits per heavy atom. The van der Waals surface area contributed by atoms with Crippen molar-refractivity contribution in [3.8, 4) is 0 Å². The highest BCUT2D eigenvalue weighted by Crippen LogP contribution is 2.34. The smallest absolute Gasteiger partial charge is 0.237 e. The molecule has 2 heterocycles. The van der Waals surface area contributed by atoms with E-state index in [4.69, 9.17) is 10.5 Å². The summed E-state index contributed by atoms with van der Waals surface area (Å²) in [6.45, 7) is 4.86. The molecule has 158 valence electrons. The molecule has 0 spiro atoms. The number of nitrogens with zero attached hydrogens (tertiary/aromatic N) is 1. The molecule has 2 saturated heterocycles. The Morgan fingerprint density at radius 3 is 2.59 bits per heavy atom. The van der Waals surface area contributed by atoms with Gasteiger partial charge in [0.1, 0.15) is 23.7 Å². The van der Waals surface area contributed by atoms with E-state index < -0.39 is 35.5 Å². The second kappa shape index (κ2) is 9.39. The summed E-state index contributed by atoms with van der Waals surface area (Å²) in [7, 11) is 1.94. The summed E-state index contributed by atoms with van der Waals surface area (Å²) >= 11 is 1.20. The second-order valence-corrected chi connectivity index (χ2v) is 8.75. The molecule has 6 N–H and O–H groups in total. The molecule has 1 amide bonds. The molecule has 8 atom stereocenters. The summed E-state index contributed by atoms with van der Waals surface area (Å²) in [5, 5.41) is 33.7. The van der Waals surface area contributed by atoms with Crippen LogP contribution in [0.2, 0.25) is 0 Å². The first-order valence-electron chi connectivity index (χ1n) is 9.73. The highest BCUT2D eigenvalue weighted by molar-refractivity contribution is 7.99. The molecule has 2 aliphatic heterocycles. The Hall–Kier alpha value is -0.420. The van der Waals surface area contributed by atoms with E-state index in [0.717, 1.165) is 25.8 Å². The minimum atomic E-state index is -1.68. The van der Waals surface area contributed by atoms with Crippen molar-refractivity contribution < 1.29 is 24.9 Å². The number of likely N-dealkylation sites (N-methyl/N-ethyl adjacent to an activating group) is 1. The van der Waals surface area contributed by atoms with Gasteiger partial charge in [-0.05, 0) is 38.5 Å². The number of carbonyl (C=O) groups excluding carboxylic acids is 1. The number of aliphatic hydroxyl groups is 3. The molecule has 0 bridgehead atoms. The molecule has 0 saturated carbocycles. The molecule has 0 radical (unpaired) electrons. The van der Waals surface area contributed by atoms with Crippen molar-refractivity contribution in [1.82, 2.24) is 10.2 Å². The average molecular weight is 406 g/mol. The molecule has 9 heteroatoms. The molecule has 0 aliphatic carbocycles. The van der Waals surface area contributed by atoms with E-state index in [1.54, 1.807) is 6.26 Å². The van der Waals surface area contributed by atoms with E-state index in [-0.39, 0.29) is 11.9 Å². The van der Waals surface area contributed by atoms with Gasteiger partial charge in [0.05, 0.1) is 12.1 Å². The topological polar surface area (TPSA) is 128 Å². The fraction of sp³-hybridized carbons (Fsp3) is 0.944. The SMILES string of the molecule is CCC[C@@H]1C[C@@H](C(=O)N[C@H](CC)[C@@]2(N)O[C@H](SC)[C@H](O)[C@@H](O)[C@H]2O)N(C)C1. The van der Waals surface area contributed by atoms with Crippen LogP contribution in [0, 0.1) is 5.92 Å². The van der Waals surface area contributed by atoms with Gasteiger partial charge < -0.3 is 25.4 Å². The third kappa shape index (κ3) is 4.60. The van der Waals surface area contributed by atoms with E-state index in [1.807, 2.05) is 18.9 Å². The van der Waals surface area contributed by atoms with Gasteiger partial charge in [-0.15, -0.1) is 11.8 Å². The number of thioether (sulfide) groups is 1. The quantitative estimate of drug-likeness (QED) is 0.382. The molecular weight excluding hydrogens is 370 g/mol. The average Bonchev–Trinajstić information content (AvgIpc) is 3.01. The standard InChI is InChI=1S/C18H35N3O5S/c1-5-7-10-8-11(21(3)9-10)16(25)20-12(6-2)18(19)15(24)13(22)14(23)17(26-18)27-4/h10-15,17,22-24H,5-9,19H2,1-4H3,(H,20,25)/t10-,11+,12-,13-,14-,15-,17-,18-/m1/s1. The number of ether oxygens (including phenoxy) is 1. The minimum Gasteiger partial charge on any atom is -0.387 e. The van der Waals surface area contributed by atoms with E-state index in [1.165, 1.54) is 11.8 Å². The lowest BCUT2D eigenvalue weighted by Crippen LogP contribution is -2.75. The molecule has 2 aliphatic rings.